The number of carbonyl (C=O) groups excluding carboxylic acids is 2. The lowest BCUT2D eigenvalue weighted by Gasteiger charge is -2.06. The lowest BCUT2D eigenvalue weighted by molar-refractivity contribution is 0.0998. The van der Waals surface area contributed by atoms with E-state index in [0.29, 0.717) is 11.3 Å². The summed E-state index contributed by atoms with van der Waals surface area (Å²) in [6.45, 7) is 0. The van der Waals surface area contributed by atoms with E-state index in [1.165, 1.54) is 23.5 Å². The van der Waals surface area contributed by atoms with Crippen LogP contribution in [0.25, 0.3) is 0 Å². The lowest BCUT2D eigenvalue weighted by atomic mass is 10.2. The number of hydrogen-bond acceptors (Lipinski definition) is 3. The maximum absolute atomic E-state index is 11.8. The maximum atomic E-state index is 11.8. The van der Waals surface area contributed by atoms with E-state index in [4.69, 9.17) is 17.3 Å². The molecular formula is C12H9ClN2O2S. The SMILES string of the molecule is NC(=O)c1ccc(NC(=O)c2ccsc2)cc1Cl. The van der Waals surface area contributed by atoms with Crippen LogP contribution in [-0.2, 0) is 0 Å². The van der Waals surface area contributed by atoms with Gasteiger partial charge in [-0.1, -0.05) is 11.6 Å². The molecule has 0 radical (unpaired) electrons. The van der Waals surface area contributed by atoms with E-state index in [1.807, 2.05) is 5.38 Å². The van der Waals surface area contributed by atoms with E-state index < -0.39 is 5.91 Å². The normalized spacial score (nSPS) is 10.1. The van der Waals surface area contributed by atoms with Gasteiger partial charge in [-0.05, 0) is 29.6 Å². The van der Waals surface area contributed by atoms with E-state index in [2.05, 4.69) is 5.32 Å². The number of carbonyl (C=O) groups is 2. The highest BCUT2D eigenvalue weighted by atomic mass is 35.5. The Balaban J connectivity index is 2.18. The van der Waals surface area contributed by atoms with Crippen molar-refractivity contribution in [3.63, 3.8) is 0 Å². The van der Waals surface area contributed by atoms with Crippen molar-refractivity contribution in [3.8, 4) is 0 Å². The van der Waals surface area contributed by atoms with Crippen LogP contribution < -0.4 is 11.1 Å². The minimum absolute atomic E-state index is 0.214. The summed E-state index contributed by atoms with van der Waals surface area (Å²) in [5.74, 6) is -0.824. The van der Waals surface area contributed by atoms with Crippen LogP contribution in [0.1, 0.15) is 20.7 Å². The molecule has 1 aromatic heterocycles. The van der Waals surface area contributed by atoms with E-state index in [9.17, 15) is 9.59 Å². The van der Waals surface area contributed by atoms with Gasteiger partial charge in [0.05, 0.1) is 16.1 Å². The van der Waals surface area contributed by atoms with Gasteiger partial charge in [0.25, 0.3) is 5.91 Å². The average Bonchev–Trinajstić information content (AvgIpc) is 2.81. The van der Waals surface area contributed by atoms with E-state index >= 15 is 0 Å². The number of anilines is 1. The van der Waals surface area contributed by atoms with Crippen LogP contribution in [0.4, 0.5) is 5.69 Å². The number of primary amides is 1. The first-order chi connectivity index (χ1) is 8.58. The standard InChI is InChI=1S/C12H9ClN2O2S/c13-10-5-8(1-2-9(10)11(14)16)15-12(17)7-3-4-18-6-7/h1-6H,(H2,14,16)(H,15,17). The number of nitrogens with two attached hydrogens (primary N) is 1. The second-order valence-electron chi connectivity index (χ2n) is 3.53. The average molecular weight is 281 g/mol. The Morgan fingerprint density at radius 2 is 2.06 bits per heavy atom. The first kappa shape index (κ1) is 12.6. The van der Waals surface area contributed by atoms with Crippen molar-refractivity contribution < 1.29 is 9.59 Å². The summed E-state index contributed by atoms with van der Waals surface area (Å²) in [4.78, 5) is 22.8. The molecule has 0 atom stereocenters. The van der Waals surface area contributed by atoms with Crippen molar-refractivity contribution >= 4 is 40.4 Å². The number of nitrogens with one attached hydrogen (secondary N) is 1. The molecule has 4 nitrogen and oxygen atoms in total. The Morgan fingerprint density at radius 3 is 2.61 bits per heavy atom. The first-order valence-corrected chi connectivity index (χ1v) is 6.33. The van der Waals surface area contributed by atoms with Crippen LogP contribution in [0.15, 0.2) is 35.0 Å². The quantitative estimate of drug-likeness (QED) is 0.907. The molecule has 0 bridgehead atoms. The van der Waals surface area contributed by atoms with Gasteiger partial charge >= 0.3 is 0 Å². The fraction of sp³-hybridized carbons (Fsp3) is 0. The van der Waals surface area contributed by atoms with Crippen LogP contribution in [0.2, 0.25) is 5.02 Å². The summed E-state index contributed by atoms with van der Waals surface area (Å²) < 4.78 is 0. The second-order valence-corrected chi connectivity index (χ2v) is 4.71. The Hall–Kier alpha value is -1.85. The molecule has 0 aliphatic heterocycles. The molecule has 0 aliphatic carbocycles. The summed E-state index contributed by atoms with van der Waals surface area (Å²) in [5, 5.41) is 6.46. The van der Waals surface area contributed by atoms with E-state index in [1.54, 1.807) is 17.5 Å². The van der Waals surface area contributed by atoms with Crippen LogP contribution in [-0.4, -0.2) is 11.8 Å². The van der Waals surface area contributed by atoms with Crippen LogP contribution >= 0.6 is 22.9 Å². The molecule has 0 saturated carbocycles. The summed E-state index contributed by atoms with van der Waals surface area (Å²) in [6, 6.07) is 6.27. The third-order valence-corrected chi connectivity index (χ3v) is 3.27. The summed E-state index contributed by atoms with van der Waals surface area (Å²) in [7, 11) is 0. The van der Waals surface area contributed by atoms with Crippen molar-refractivity contribution in [2.45, 2.75) is 0 Å². The largest absolute Gasteiger partial charge is 0.366 e. The number of benzene rings is 1. The summed E-state index contributed by atoms with van der Waals surface area (Å²) in [6.07, 6.45) is 0. The van der Waals surface area contributed by atoms with Gasteiger partial charge < -0.3 is 11.1 Å². The molecule has 1 aromatic carbocycles. The number of amides is 2. The van der Waals surface area contributed by atoms with Gasteiger partial charge in [0.15, 0.2) is 0 Å². The summed E-state index contributed by atoms with van der Waals surface area (Å²) >= 11 is 7.32. The maximum Gasteiger partial charge on any atom is 0.256 e. The molecule has 92 valence electrons. The van der Waals surface area contributed by atoms with Gasteiger partial charge in [-0.3, -0.25) is 9.59 Å². The number of hydrogen-bond donors (Lipinski definition) is 2. The minimum Gasteiger partial charge on any atom is -0.366 e. The molecule has 0 fully saturated rings. The third-order valence-electron chi connectivity index (χ3n) is 2.28. The predicted octanol–water partition coefficient (Wildman–Crippen LogP) is 2.75. The lowest BCUT2D eigenvalue weighted by Crippen LogP contribution is -2.13. The van der Waals surface area contributed by atoms with Gasteiger partial charge in [0.1, 0.15) is 0 Å². The Labute approximate surface area is 112 Å². The topological polar surface area (TPSA) is 72.2 Å². The van der Waals surface area contributed by atoms with Crippen molar-refractivity contribution in [3.05, 3.63) is 51.2 Å². The third kappa shape index (κ3) is 2.69. The zero-order valence-electron chi connectivity index (χ0n) is 9.14. The highest BCUT2D eigenvalue weighted by molar-refractivity contribution is 7.08. The predicted molar refractivity (Wildman–Crippen MR) is 72.2 cm³/mol. The van der Waals surface area contributed by atoms with Crippen LogP contribution in [0, 0.1) is 0 Å². The zero-order valence-corrected chi connectivity index (χ0v) is 10.7. The molecule has 6 heteroatoms. The molecule has 3 N–H and O–H groups in total. The highest BCUT2D eigenvalue weighted by Crippen LogP contribution is 2.21. The smallest absolute Gasteiger partial charge is 0.256 e. The molecule has 2 rings (SSSR count). The van der Waals surface area contributed by atoms with Crippen molar-refractivity contribution in [2.24, 2.45) is 5.73 Å². The molecule has 2 amide bonds. The fourth-order valence-electron chi connectivity index (χ4n) is 1.39. The Morgan fingerprint density at radius 1 is 1.28 bits per heavy atom. The molecule has 1 heterocycles. The van der Waals surface area contributed by atoms with E-state index in [0.717, 1.165) is 0 Å². The van der Waals surface area contributed by atoms with Crippen LogP contribution in [0.5, 0.6) is 0 Å². The summed E-state index contributed by atoms with van der Waals surface area (Å²) in [5.41, 5.74) is 6.45. The number of thiophene rings is 1. The van der Waals surface area contributed by atoms with Gasteiger partial charge in [0, 0.05) is 11.1 Å². The van der Waals surface area contributed by atoms with Crippen LogP contribution in [0.3, 0.4) is 0 Å². The number of rotatable bonds is 3. The monoisotopic (exact) mass is 280 g/mol. The Bertz CT molecular complexity index is 596. The fourth-order valence-corrected chi connectivity index (χ4v) is 2.30. The van der Waals surface area contributed by atoms with Crippen molar-refractivity contribution in [1.29, 1.82) is 0 Å². The van der Waals surface area contributed by atoms with Crippen molar-refractivity contribution in [1.82, 2.24) is 0 Å². The second kappa shape index (κ2) is 5.20. The minimum atomic E-state index is -0.601. The molecule has 18 heavy (non-hydrogen) atoms. The van der Waals surface area contributed by atoms with Gasteiger partial charge in [-0.15, -0.1) is 0 Å². The molecule has 0 spiro atoms. The molecule has 0 aliphatic rings. The highest BCUT2D eigenvalue weighted by Gasteiger charge is 2.10. The molecule has 2 aromatic rings. The zero-order chi connectivity index (χ0) is 13.1. The number of halogens is 1. The molecule has 0 saturated heterocycles. The Kier molecular flexibility index (Phi) is 3.64. The molecular weight excluding hydrogens is 272 g/mol. The molecule has 0 unspecified atom stereocenters. The first-order valence-electron chi connectivity index (χ1n) is 5.01. The van der Waals surface area contributed by atoms with Gasteiger partial charge in [-0.25, -0.2) is 0 Å². The van der Waals surface area contributed by atoms with Gasteiger partial charge in [0.2, 0.25) is 5.91 Å². The van der Waals surface area contributed by atoms with E-state index in [-0.39, 0.29) is 16.5 Å². The van der Waals surface area contributed by atoms with Crippen molar-refractivity contribution in [2.75, 3.05) is 5.32 Å². The van der Waals surface area contributed by atoms with Gasteiger partial charge in [-0.2, -0.15) is 11.3 Å².